The minimum atomic E-state index is -1.15. The second-order valence-corrected chi connectivity index (χ2v) is 1.63. The summed E-state index contributed by atoms with van der Waals surface area (Å²) in [7, 11) is 0. The summed E-state index contributed by atoms with van der Waals surface area (Å²) in [6.07, 6.45) is -1.87. The quantitative estimate of drug-likeness (QED) is 0.507. The van der Waals surface area contributed by atoms with E-state index in [1.54, 1.807) is 6.92 Å². The first-order chi connectivity index (χ1) is 3.18. The van der Waals surface area contributed by atoms with E-state index in [-0.39, 0.29) is 0 Å². The van der Waals surface area contributed by atoms with Crippen LogP contribution in [-0.2, 0) is 5.11 Å². The normalized spacial score (nSPS) is 18.9. The molecule has 7 heavy (non-hydrogen) atoms. The van der Waals surface area contributed by atoms with Crippen LogP contribution in [-0.4, -0.2) is 12.3 Å². The fraction of sp³-hybridized carbons (Fsp3) is 1.00. The van der Waals surface area contributed by atoms with Crippen LogP contribution in [0.2, 0.25) is 0 Å². The van der Waals surface area contributed by atoms with Gasteiger partial charge in [0, 0.05) is 0 Å². The molecule has 0 heterocycles. The van der Waals surface area contributed by atoms with Crippen molar-refractivity contribution in [3.63, 3.8) is 0 Å². The lowest BCUT2D eigenvalue weighted by Crippen LogP contribution is -2.14. The van der Waals surface area contributed by atoms with E-state index < -0.39 is 12.3 Å². The summed E-state index contributed by atoms with van der Waals surface area (Å²) in [5, 5.41) is 10.1. The zero-order chi connectivity index (χ0) is 5.86. The maximum Gasteiger partial charge on any atom is 0.129 e. The zero-order valence-electron chi connectivity index (χ0n) is 4.65. The number of rotatable bonds is 2. The highest BCUT2D eigenvalue weighted by Gasteiger charge is 2.10. The van der Waals surface area contributed by atoms with E-state index in [9.17, 15) is 9.50 Å². The van der Waals surface area contributed by atoms with Crippen LogP contribution in [0.1, 0.15) is 20.3 Å². The molecule has 0 amide bonds. The predicted octanol–water partition coefficient (Wildman–Crippen LogP) is 1.55. The van der Waals surface area contributed by atoms with Gasteiger partial charge in [0.2, 0.25) is 0 Å². The lowest BCUT2D eigenvalue weighted by Gasteiger charge is -2.02. The fourth-order valence-electron chi connectivity index (χ4n) is 0.332. The van der Waals surface area contributed by atoms with Crippen LogP contribution in [0.4, 0.5) is 4.39 Å². The van der Waals surface area contributed by atoms with Gasteiger partial charge in [-0.05, 0) is 13.3 Å². The number of alkyl halides is 1. The van der Waals surface area contributed by atoms with Gasteiger partial charge in [0.1, 0.15) is 12.3 Å². The second kappa shape index (κ2) is 2.97. The van der Waals surface area contributed by atoms with E-state index in [2.05, 4.69) is 0 Å². The average Bonchev–Trinajstić information content (AvgIpc) is 1.65. The Balaban J connectivity index is 3.14. The van der Waals surface area contributed by atoms with E-state index in [4.69, 9.17) is 0 Å². The van der Waals surface area contributed by atoms with E-state index in [1.165, 1.54) is 6.92 Å². The molecule has 0 aliphatic rings. The first kappa shape index (κ1) is 6.89. The molecular formula is C5H10FO. The Morgan fingerprint density at radius 2 is 2.14 bits per heavy atom. The molecule has 0 bridgehead atoms. The lowest BCUT2D eigenvalue weighted by molar-refractivity contribution is 0.0303. The Morgan fingerprint density at radius 1 is 1.71 bits per heavy atom. The minimum absolute atomic E-state index is 0.338. The third-order valence-electron chi connectivity index (χ3n) is 0.899. The van der Waals surface area contributed by atoms with Gasteiger partial charge in [-0.3, -0.25) is 0 Å². The Labute approximate surface area is 43.2 Å². The van der Waals surface area contributed by atoms with Crippen molar-refractivity contribution in [2.24, 2.45) is 0 Å². The van der Waals surface area contributed by atoms with Crippen LogP contribution in [0, 0.1) is 0 Å². The van der Waals surface area contributed by atoms with Crippen molar-refractivity contribution in [2.45, 2.75) is 32.5 Å². The summed E-state index contributed by atoms with van der Waals surface area (Å²) in [5.74, 6) is 0. The molecule has 0 aliphatic heterocycles. The molecule has 1 nitrogen and oxygen atoms in total. The standard InChI is InChI=1S/C5H10FO/c1-3-5(6)4(2)7/h4-5H,3H2,1-2H3. The molecule has 2 unspecified atom stereocenters. The Morgan fingerprint density at radius 3 is 2.14 bits per heavy atom. The maximum absolute atomic E-state index is 11.9. The molecule has 0 saturated heterocycles. The summed E-state index contributed by atoms with van der Waals surface area (Å²) in [4.78, 5) is 0. The van der Waals surface area contributed by atoms with Gasteiger partial charge in [0.25, 0.3) is 0 Å². The summed E-state index contributed by atoms with van der Waals surface area (Å²) < 4.78 is 11.9. The van der Waals surface area contributed by atoms with Crippen molar-refractivity contribution in [1.82, 2.24) is 0 Å². The first-order valence-electron chi connectivity index (χ1n) is 2.48. The van der Waals surface area contributed by atoms with E-state index in [0.717, 1.165) is 0 Å². The van der Waals surface area contributed by atoms with Gasteiger partial charge < -0.3 is 0 Å². The topological polar surface area (TPSA) is 19.9 Å². The van der Waals surface area contributed by atoms with E-state index in [0.29, 0.717) is 6.42 Å². The zero-order valence-corrected chi connectivity index (χ0v) is 4.65. The third kappa shape index (κ3) is 2.57. The lowest BCUT2D eigenvalue weighted by atomic mass is 10.2. The van der Waals surface area contributed by atoms with Crippen molar-refractivity contribution in [2.75, 3.05) is 0 Å². The van der Waals surface area contributed by atoms with Crippen LogP contribution in [0.3, 0.4) is 0 Å². The van der Waals surface area contributed by atoms with Gasteiger partial charge in [-0.2, -0.15) is 0 Å². The number of hydrogen-bond donors (Lipinski definition) is 0. The van der Waals surface area contributed by atoms with Gasteiger partial charge in [0.05, 0.1) is 0 Å². The molecule has 0 aromatic carbocycles. The molecule has 0 N–H and O–H groups in total. The molecule has 0 aromatic heterocycles. The van der Waals surface area contributed by atoms with Crippen molar-refractivity contribution < 1.29 is 9.50 Å². The highest BCUT2D eigenvalue weighted by molar-refractivity contribution is 4.57. The first-order valence-corrected chi connectivity index (χ1v) is 2.48. The minimum Gasteiger partial charge on any atom is -0.245 e. The Kier molecular flexibility index (Phi) is 2.92. The van der Waals surface area contributed by atoms with Crippen LogP contribution in [0.25, 0.3) is 0 Å². The van der Waals surface area contributed by atoms with Crippen molar-refractivity contribution >= 4 is 0 Å². The number of halogens is 1. The molecular weight excluding hydrogens is 95.1 g/mol. The van der Waals surface area contributed by atoms with Gasteiger partial charge >= 0.3 is 0 Å². The molecule has 0 spiro atoms. The summed E-state index contributed by atoms with van der Waals surface area (Å²) in [5.41, 5.74) is 0. The van der Waals surface area contributed by atoms with Gasteiger partial charge in [-0.15, -0.1) is 0 Å². The molecule has 1 radical (unpaired) electrons. The number of hydrogen-bond acceptors (Lipinski definition) is 0. The molecule has 0 fully saturated rings. The van der Waals surface area contributed by atoms with Crippen LogP contribution in [0.15, 0.2) is 0 Å². The molecule has 0 saturated carbocycles. The smallest absolute Gasteiger partial charge is 0.129 e. The third-order valence-corrected chi connectivity index (χ3v) is 0.899. The molecule has 2 heteroatoms. The highest BCUT2D eigenvalue weighted by Crippen LogP contribution is 2.01. The van der Waals surface area contributed by atoms with Crippen molar-refractivity contribution in [3.8, 4) is 0 Å². The van der Waals surface area contributed by atoms with Gasteiger partial charge in [-0.25, -0.2) is 9.50 Å². The fourth-order valence-corrected chi connectivity index (χ4v) is 0.332. The molecule has 0 aliphatic carbocycles. The predicted molar refractivity (Wildman–Crippen MR) is 25.3 cm³/mol. The Hall–Kier alpha value is -0.110. The van der Waals surface area contributed by atoms with Crippen LogP contribution >= 0.6 is 0 Å². The molecule has 0 aromatic rings. The molecule has 43 valence electrons. The largest absolute Gasteiger partial charge is 0.245 e. The van der Waals surface area contributed by atoms with Crippen LogP contribution in [0.5, 0.6) is 0 Å². The molecule has 2 atom stereocenters. The molecule has 0 rings (SSSR count). The van der Waals surface area contributed by atoms with Crippen molar-refractivity contribution in [1.29, 1.82) is 0 Å². The Bertz CT molecular complexity index is 45.3. The summed E-state index contributed by atoms with van der Waals surface area (Å²) in [6, 6.07) is 0. The highest BCUT2D eigenvalue weighted by atomic mass is 19.1. The SMILES string of the molecule is CCC(F)C(C)[O]. The van der Waals surface area contributed by atoms with Gasteiger partial charge in [-0.1, -0.05) is 6.92 Å². The van der Waals surface area contributed by atoms with Crippen LogP contribution < -0.4 is 0 Å². The van der Waals surface area contributed by atoms with E-state index in [1.807, 2.05) is 0 Å². The monoisotopic (exact) mass is 105 g/mol. The summed E-state index contributed by atoms with van der Waals surface area (Å²) in [6.45, 7) is 3.01. The van der Waals surface area contributed by atoms with E-state index >= 15 is 0 Å². The maximum atomic E-state index is 11.9. The van der Waals surface area contributed by atoms with Gasteiger partial charge in [0.15, 0.2) is 0 Å². The average molecular weight is 105 g/mol. The van der Waals surface area contributed by atoms with Crippen molar-refractivity contribution in [3.05, 3.63) is 0 Å². The summed E-state index contributed by atoms with van der Waals surface area (Å²) >= 11 is 0. The second-order valence-electron chi connectivity index (χ2n) is 1.63.